The molecule has 1 atom stereocenters. The topological polar surface area (TPSA) is 38.3 Å². The highest BCUT2D eigenvalue weighted by molar-refractivity contribution is 5.75. The zero-order valence-electron chi connectivity index (χ0n) is 7.52. The molecule has 0 aliphatic heterocycles. The maximum atomic E-state index is 10.8. The average Bonchev–Trinajstić information content (AvgIpc) is 2.00. The molecule has 1 amide bonds. The number of amides is 1. The summed E-state index contributed by atoms with van der Waals surface area (Å²) in [5.41, 5.74) is 0. The second-order valence-corrected chi connectivity index (χ2v) is 2.43. The lowest BCUT2D eigenvalue weighted by molar-refractivity contribution is -0.124. The van der Waals surface area contributed by atoms with E-state index in [9.17, 15) is 4.79 Å². The van der Waals surface area contributed by atoms with Crippen molar-refractivity contribution in [2.75, 3.05) is 6.61 Å². The number of hydrogen-bond acceptors (Lipinski definition) is 2. The van der Waals surface area contributed by atoms with Gasteiger partial charge in [-0.25, -0.2) is 0 Å². The van der Waals surface area contributed by atoms with Crippen molar-refractivity contribution in [1.29, 1.82) is 0 Å². The van der Waals surface area contributed by atoms with Gasteiger partial charge in [0.25, 0.3) is 0 Å². The number of hydrogen-bond donors (Lipinski definition) is 1. The summed E-state index contributed by atoms with van der Waals surface area (Å²) in [5.74, 6) is 0.0357. The first-order valence-corrected chi connectivity index (χ1v) is 4.11. The molecule has 0 radical (unpaired) electrons. The lowest BCUT2D eigenvalue weighted by Crippen LogP contribution is -2.34. The van der Waals surface area contributed by atoms with Gasteiger partial charge in [0.2, 0.25) is 5.91 Å². The predicted molar refractivity (Wildman–Crippen MR) is 44.1 cm³/mol. The smallest absolute Gasteiger partial charge is 0.221 e. The van der Waals surface area contributed by atoms with Gasteiger partial charge in [0.15, 0.2) is 0 Å². The third-order valence-electron chi connectivity index (χ3n) is 1.26. The van der Waals surface area contributed by atoms with Crippen LogP contribution in [0.3, 0.4) is 0 Å². The minimum Gasteiger partial charge on any atom is -0.359 e. The standard InChI is InChI=1S/C8H17NO2/c1-4-6-11-7(3)9-8(10)5-2/h7H,4-6H2,1-3H3,(H,9,10). The zero-order valence-corrected chi connectivity index (χ0v) is 7.52. The molecule has 0 spiro atoms. The second kappa shape index (κ2) is 6.16. The lowest BCUT2D eigenvalue weighted by atomic mass is 10.4. The van der Waals surface area contributed by atoms with Crippen LogP contribution in [0, 0.1) is 0 Å². The third-order valence-corrected chi connectivity index (χ3v) is 1.26. The fourth-order valence-corrected chi connectivity index (χ4v) is 0.665. The van der Waals surface area contributed by atoms with Crippen molar-refractivity contribution in [3.05, 3.63) is 0 Å². The van der Waals surface area contributed by atoms with Crippen LogP contribution in [0.4, 0.5) is 0 Å². The van der Waals surface area contributed by atoms with E-state index in [-0.39, 0.29) is 12.1 Å². The van der Waals surface area contributed by atoms with Crippen molar-refractivity contribution in [3.63, 3.8) is 0 Å². The molecule has 0 aliphatic rings. The van der Waals surface area contributed by atoms with Crippen molar-refractivity contribution in [3.8, 4) is 0 Å². The van der Waals surface area contributed by atoms with E-state index in [1.807, 2.05) is 20.8 Å². The zero-order chi connectivity index (χ0) is 8.69. The summed E-state index contributed by atoms with van der Waals surface area (Å²) in [5, 5.41) is 2.70. The Hall–Kier alpha value is -0.570. The fraction of sp³-hybridized carbons (Fsp3) is 0.875. The molecule has 1 unspecified atom stereocenters. The molecule has 3 nitrogen and oxygen atoms in total. The molecule has 3 heteroatoms. The SMILES string of the molecule is CCCOC(C)NC(=O)CC. The Kier molecular flexibility index (Phi) is 5.84. The normalized spacial score (nSPS) is 12.6. The molecule has 0 aromatic rings. The molecule has 1 N–H and O–H groups in total. The molecule has 66 valence electrons. The Morgan fingerprint density at radius 3 is 2.64 bits per heavy atom. The molecule has 0 fully saturated rings. The van der Waals surface area contributed by atoms with Crippen molar-refractivity contribution < 1.29 is 9.53 Å². The van der Waals surface area contributed by atoms with Crippen LogP contribution in [0.1, 0.15) is 33.6 Å². The molecule has 0 aromatic carbocycles. The van der Waals surface area contributed by atoms with Crippen LogP contribution in [0.25, 0.3) is 0 Å². The van der Waals surface area contributed by atoms with Crippen LogP contribution in [0.5, 0.6) is 0 Å². The van der Waals surface area contributed by atoms with E-state index in [1.54, 1.807) is 0 Å². The first-order valence-electron chi connectivity index (χ1n) is 4.11. The predicted octanol–water partition coefficient (Wildman–Crippen LogP) is 1.29. The molecule has 0 aromatic heterocycles. The van der Waals surface area contributed by atoms with Gasteiger partial charge in [0, 0.05) is 13.0 Å². The number of rotatable bonds is 5. The molecule has 0 rings (SSSR count). The quantitative estimate of drug-likeness (QED) is 0.614. The van der Waals surface area contributed by atoms with Crippen LogP contribution in [0.15, 0.2) is 0 Å². The molecule has 0 bridgehead atoms. The summed E-state index contributed by atoms with van der Waals surface area (Å²) in [6, 6.07) is 0. The lowest BCUT2D eigenvalue weighted by Gasteiger charge is -2.13. The van der Waals surface area contributed by atoms with Crippen molar-refractivity contribution in [1.82, 2.24) is 5.32 Å². The van der Waals surface area contributed by atoms with Crippen molar-refractivity contribution in [2.24, 2.45) is 0 Å². The van der Waals surface area contributed by atoms with Gasteiger partial charge >= 0.3 is 0 Å². The van der Waals surface area contributed by atoms with Crippen LogP contribution >= 0.6 is 0 Å². The summed E-state index contributed by atoms with van der Waals surface area (Å²) >= 11 is 0. The Morgan fingerprint density at radius 2 is 2.18 bits per heavy atom. The van der Waals surface area contributed by atoms with Crippen molar-refractivity contribution in [2.45, 2.75) is 39.8 Å². The Morgan fingerprint density at radius 1 is 1.55 bits per heavy atom. The summed E-state index contributed by atoms with van der Waals surface area (Å²) in [7, 11) is 0. The first-order chi connectivity index (χ1) is 5.20. The van der Waals surface area contributed by atoms with E-state index in [0.29, 0.717) is 13.0 Å². The summed E-state index contributed by atoms with van der Waals surface area (Å²) in [4.78, 5) is 10.8. The van der Waals surface area contributed by atoms with Crippen LogP contribution < -0.4 is 5.32 Å². The molecular weight excluding hydrogens is 142 g/mol. The van der Waals surface area contributed by atoms with E-state index in [1.165, 1.54) is 0 Å². The van der Waals surface area contributed by atoms with Gasteiger partial charge in [0.1, 0.15) is 6.23 Å². The maximum absolute atomic E-state index is 10.8. The van der Waals surface area contributed by atoms with Gasteiger partial charge in [-0.15, -0.1) is 0 Å². The fourth-order valence-electron chi connectivity index (χ4n) is 0.665. The second-order valence-electron chi connectivity index (χ2n) is 2.43. The molecule has 11 heavy (non-hydrogen) atoms. The van der Waals surface area contributed by atoms with Crippen LogP contribution in [-0.4, -0.2) is 18.7 Å². The van der Waals surface area contributed by atoms with Gasteiger partial charge in [-0.3, -0.25) is 4.79 Å². The van der Waals surface area contributed by atoms with Gasteiger partial charge in [-0.1, -0.05) is 13.8 Å². The largest absolute Gasteiger partial charge is 0.359 e. The van der Waals surface area contributed by atoms with Gasteiger partial charge in [-0.2, -0.15) is 0 Å². The Labute approximate surface area is 68.1 Å². The van der Waals surface area contributed by atoms with E-state index in [2.05, 4.69) is 5.32 Å². The summed E-state index contributed by atoms with van der Waals surface area (Å²) < 4.78 is 5.23. The number of ether oxygens (including phenoxy) is 1. The van der Waals surface area contributed by atoms with Crippen molar-refractivity contribution >= 4 is 5.91 Å². The number of nitrogens with one attached hydrogen (secondary N) is 1. The third kappa shape index (κ3) is 5.85. The minimum absolute atomic E-state index is 0.0357. The highest BCUT2D eigenvalue weighted by Gasteiger charge is 2.03. The van der Waals surface area contributed by atoms with Crippen LogP contribution in [0.2, 0.25) is 0 Å². The number of carbonyl (C=O) groups excluding carboxylic acids is 1. The summed E-state index contributed by atoms with van der Waals surface area (Å²) in [6.07, 6.45) is 1.34. The van der Waals surface area contributed by atoms with E-state index in [4.69, 9.17) is 4.74 Å². The molecule has 0 saturated carbocycles. The first kappa shape index (κ1) is 10.4. The average molecular weight is 159 g/mol. The van der Waals surface area contributed by atoms with E-state index < -0.39 is 0 Å². The van der Waals surface area contributed by atoms with Crippen LogP contribution in [-0.2, 0) is 9.53 Å². The summed E-state index contributed by atoms with van der Waals surface area (Å²) in [6.45, 7) is 6.39. The van der Waals surface area contributed by atoms with E-state index in [0.717, 1.165) is 6.42 Å². The van der Waals surface area contributed by atoms with Gasteiger partial charge in [0.05, 0.1) is 0 Å². The molecule has 0 saturated heterocycles. The highest BCUT2D eigenvalue weighted by Crippen LogP contribution is 1.88. The Balaban J connectivity index is 3.35. The highest BCUT2D eigenvalue weighted by atomic mass is 16.5. The van der Waals surface area contributed by atoms with E-state index >= 15 is 0 Å². The Bertz CT molecular complexity index is 115. The van der Waals surface area contributed by atoms with Gasteiger partial charge in [-0.05, 0) is 13.3 Å². The molecule has 0 aliphatic carbocycles. The van der Waals surface area contributed by atoms with Gasteiger partial charge < -0.3 is 10.1 Å². The maximum Gasteiger partial charge on any atom is 0.221 e. The minimum atomic E-state index is -0.151. The molecule has 0 heterocycles. The molecular formula is C8H17NO2. The number of carbonyl (C=O) groups is 1. The monoisotopic (exact) mass is 159 g/mol.